The molecule has 3 amide bonds. The van der Waals surface area contributed by atoms with Crippen molar-refractivity contribution in [2.75, 3.05) is 33.3 Å². The minimum atomic E-state index is -3.83. The van der Waals surface area contributed by atoms with Gasteiger partial charge in [-0.1, -0.05) is 11.6 Å². The normalized spacial score (nSPS) is 15.6. The molecule has 1 heterocycles. The minimum absolute atomic E-state index is 0.268. The fourth-order valence-electron chi connectivity index (χ4n) is 3.16. The summed E-state index contributed by atoms with van der Waals surface area (Å²) in [4.78, 5) is 23.8. The van der Waals surface area contributed by atoms with Crippen LogP contribution in [0.15, 0.2) is 18.2 Å². The van der Waals surface area contributed by atoms with Crippen LogP contribution in [0.25, 0.3) is 0 Å². The fourth-order valence-corrected chi connectivity index (χ4v) is 4.46. The number of carbonyl (C=O) groups is 2. The SMILES string of the molecule is CCNC(=O)NS(=O)(=O)N1CCC(CCNC(=O)c2cc(Cl)ccc2OC)CC1. The third kappa shape index (κ3) is 6.76. The Kier molecular flexibility index (Phi) is 8.54. The van der Waals surface area contributed by atoms with Gasteiger partial charge in [0.25, 0.3) is 5.91 Å². The molecule has 0 bridgehead atoms. The highest BCUT2D eigenvalue weighted by Gasteiger charge is 2.29. The Morgan fingerprint density at radius 1 is 1.24 bits per heavy atom. The van der Waals surface area contributed by atoms with Gasteiger partial charge in [0, 0.05) is 31.2 Å². The van der Waals surface area contributed by atoms with Gasteiger partial charge >= 0.3 is 16.2 Å². The van der Waals surface area contributed by atoms with Crippen molar-refractivity contribution in [3.05, 3.63) is 28.8 Å². The highest BCUT2D eigenvalue weighted by atomic mass is 35.5. The van der Waals surface area contributed by atoms with Crippen molar-refractivity contribution in [3.8, 4) is 5.75 Å². The summed E-state index contributed by atoms with van der Waals surface area (Å²) >= 11 is 5.95. The molecule has 1 aliphatic rings. The number of amides is 3. The van der Waals surface area contributed by atoms with Crippen molar-refractivity contribution in [1.82, 2.24) is 19.7 Å². The lowest BCUT2D eigenvalue weighted by molar-refractivity contribution is 0.0947. The van der Waals surface area contributed by atoms with Crippen LogP contribution in [-0.4, -0.2) is 58.0 Å². The molecule has 1 saturated heterocycles. The number of piperidine rings is 1. The molecule has 0 spiro atoms. The maximum atomic E-state index is 12.4. The van der Waals surface area contributed by atoms with E-state index in [1.807, 2.05) is 4.72 Å². The molecule has 162 valence electrons. The molecule has 0 atom stereocenters. The summed E-state index contributed by atoms with van der Waals surface area (Å²) in [5.74, 6) is 0.466. The van der Waals surface area contributed by atoms with Crippen LogP contribution < -0.4 is 20.1 Å². The van der Waals surface area contributed by atoms with Gasteiger partial charge in [0.1, 0.15) is 5.75 Å². The van der Waals surface area contributed by atoms with Crippen LogP contribution in [0, 0.1) is 5.92 Å². The van der Waals surface area contributed by atoms with Gasteiger partial charge in [0.2, 0.25) is 0 Å². The van der Waals surface area contributed by atoms with Crippen molar-refractivity contribution in [1.29, 1.82) is 0 Å². The highest BCUT2D eigenvalue weighted by Crippen LogP contribution is 2.24. The molecule has 0 radical (unpaired) electrons. The average Bonchev–Trinajstić information content (AvgIpc) is 2.68. The van der Waals surface area contributed by atoms with Crippen LogP contribution in [0.1, 0.15) is 36.5 Å². The van der Waals surface area contributed by atoms with E-state index in [1.165, 1.54) is 11.4 Å². The van der Waals surface area contributed by atoms with Gasteiger partial charge in [-0.2, -0.15) is 12.7 Å². The molecule has 1 aromatic rings. The van der Waals surface area contributed by atoms with Crippen molar-refractivity contribution in [3.63, 3.8) is 0 Å². The molecule has 11 heteroatoms. The van der Waals surface area contributed by atoms with Gasteiger partial charge in [-0.3, -0.25) is 4.79 Å². The number of halogens is 1. The predicted octanol–water partition coefficient (Wildman–Crippen LogP) is 1.74. The zero-order chi connectivity index (χ0) is 21.4. The van der Waals surface area contributed by atoms with E-state index in [9.17, 15) is 18.0 Å². The lowest BCUT2D eigenvalue weighted by Crippen LogP contribution is -2.49. The molecule has 29 heavy (non-hydrogen) atoms. The summed E-state index contributed by atoms with van der Waals surface area (Å²) in [6, 6.07) is 4.12. The monoisotopic (exact) mass is 446 g/mol. The van der Waals surface area contributed by atoms with Crippen LogP contribution in [-0.2, 0) is 10.2 Å². The van der Waals surface area contributed by atoms with E-state index in [-0.39, 0.29) is 11.8 Å². The fraction of sp³-hybridized carbons (Fsp3) is 0.556. The van der Waals surface area contributed by atoms with Gasteiger partial charge in [0.05, 0.1) is 12.7 Å². The van der Waals surface area contributed by atoms with E-state index in [2.05, 4.69) is 10.6 Å². The maximum absolute atomic E-state index is 12.4. The first-order chi connectivity index (χ1) is 13.8. The van der Waals surface area contributed by atoms with E-state index >= 15 is 0 Å². The molecule has 2 rings (SSSR count). The van der Waals surface area contributed by atoms with Crippen LogP contribution in [0.4, 0.5) is 4.79 Å². The second kappa shape index (κ2) is 10.7. The standard InChI is InChI=1S/C18H27ClN4O5S/c1-3-20-18(25)22-29(26,27)23-10-7-13(8-11-23)6-9-21-17(24)15-12-14(19)4-5-16(15)28-2/h4-5,12-13H,3,6-11H2,1-2H3,(H,21,24)(H2,20,22,25). The Bertz CT molecular complexity index is 826. The van der Waals surface area contributed by atoms with E-state index < -0.39 is 16.2 Å². The van der Waals surface area contributed by atoms with Crippen LogP contribution in [0.5, 0.6) is 5.75 Å². The second-order valence-corrected chi connectivity index (χ2v) is 8.81. The number of ether oxygens (including phenoxy) is 1. The van der Waals surface area contributed by atoms with Crippen molar-refractivity contribution in [2.45, 2.75) is 26.2 Å². The zero-order valence-corrected chi connectivity index (χ0v) is 18.1. The van der Waals surface area contributed by atoms with E-state index in [4.69, 9.17) is 16.3 Å². The second-order valence-electron chi connectivity index (χ2n) is 6.70. The molecule has 0 aliphatic carbocycles. The number of rotatable bonds is 8. The van der Waals surface area contributed by atoms with Crippen LogP contribution in [0.3, 0.4) is 0 Å². The predicted molar refractivity (Wildman–Crippen MR) is 110 cm³/mol. The quantitative estimate of drug-likeness (QED) is 0.562. The number of nitrogens with zero attached hydrogens (tertiary/aromatic N) is 1. The first kappa shape index (κ1) is 23.2. The topological polar surface area (TPSA) is 117 Å². The number of benzene rings is 1. The molecule has 1 fully saturated rings. The number of carbonyl (C=O) groups excluding carboxylic acids is 2. The third-order valence-corrected chi connectivity index (χ3v) is 6.44. The molecule has 1 aliphatic heterocycles. The summed E-state index contributed by atoms with van der Waals surface area (Å²) in [7, 11) is -2.35. The molecular weight excluding hydrogens is 420 g/mol. The first-order valence-electron chi connectivity index (χ1n) is 9.44. The Morgan fingerprint density at radius 2 is 1.93 bits per heavy atom. The summed E-state index contributed by atoms with van der Waals surface area (Å²) < 4.78 is 32.9. The summed E-state index contributed by atoms with van der Waals surface area (Å²) in [5, 5.41) is 5.70. The van der Waals surface area contributed by atoms with Gasteiger partial charge < -0.3 is 15.4 Å². The number of urea groups is 1. The zero-order valence-electron chi connectivity index (χ0n) is 16.5. The third-order valence-electron chi connectivity index (χ3n) is 4.72. The number of hydrogen-bond donors (Lipinski definition) is 3. The Morgan fingerprint density at radius 3 is 2.55 bits per heavy atom. The van der Waals surface area contributed by atoms with Crippen LogP contribution in [0.2, 0.25) is 5.02 Å². The molecule has 0 aromatic heterocycles. The maximum Gasteiger partial charge on any atom is 0.329 e. The van der Waals surface area contributed by atoms with Gasteiger partial charge in [-0.05, 0) is 50.3 Å². The summed E-state index contributed by atoms with van der Waals surface area (Å²) in [5.41, 5.74) is 0.373. The molecule has 0 saturated carbocycles. The average molecular weight is 447 g/mol. The Balaban J connectivity index is 1.78. The molecular formula is C18H27ClN4O5S. The minimum Gasteiger partial charge on any atom is -0.496 e. The lowest BCUT2D eigenvalue weighted by atomic mass is 9.95. The molecule has 9 nitrogen and oxygen atoms in total. The van der Waals surface area contributed by atoms with Crippen molar-refractivity contribution >= 4 is 33.7 Å². The number of hydrogen-bond acceptors (Lipinski definition) is 5. The Hall–Kier alpha value is -2.04. The van der Waals surface area contributed by atoms with Crippen molar-refractivity contribution < 1.29 is 22.7 Å². The number of nitrogens with one attached hydrogen (secondary N) is 3. The summed E-state index contributed by atoms with van der Waals surface area (Å²) in [6.07, 6.45) is 2.05. The molecule has 3 N–H and O–H groups in total. The van der Waals surface area contributed by atoms with Crippen molar-refractivity contribution in [2.24, 2.45) is 5.92 Å². The summed E-state index contributed by atoms with van der Waals surface area (Å²) in [6.45, 7) is 3.17. The van der Waals surface area contributed by atoms with E-state index in [0.29, 0.717) is 55.4 Å². The Labute approximate surface area is 176 Å². The number of methoxy groups -OCH3 is 1. The molecule has 0 unspecified atom stereocenters. The van der Waals surface area contributed by atoms with E-state index in [1.54, 1.807) is 25.1 Å². The van der Waals surface area contributed by atoms with Gasteiger partial charge in [-0.25, -0.2) is 9.52 Å². The smallest absolute Gasteiger partial charge is 0.329 e. The lowest BCUT2D eigenvalue weighted by Gasteiger charge is -2.31. The first-order valence-corrected chi connectivity index (χ1v) is 11.3. The largest absolute Gasteiger partial charge is 0.496 e. The van der Waals surface area contributed by atoms with E-state index in [0.717, 1.165) is 6.42 Å². The molecule has 1 aromatic carbocycles. The van der Waals surface area contributed by atoms with Crippen LogP contribution >= 0.6 is 11.6 Å². The van der Waals surface area contributed by atoms with Gasteiger partial charge in [0.15, 0.2) is 0 Å². The van der Waals surface area contributed by atoms with Gasteiger partial charge in [-0.15, -0.1) is 0 Å². The highest BCUT2D eigenvalue weighted by molar-refractivity contribution is 7.87.